The van der Waals surface area contributed by atoms with Crippen LogP contribution in [0.4, 0.5) is 0 Å². The van der Waals surface area contributed by atoms with Gasteiger partial charge in [-0.2, -0.15) is 0 Å². The van der Waals surface area contributed by atoms with E-state index < -0.39 is 0 Å². The number of hydrogen-bond donors (Lipinski definition) is 3. The quantitative estimate of drug-likeness (QED) is 0.704. The van der Waals surface area contributed by atoms with Crippen molar-refractivity contribution in [3.8, 4) is 0 Å². The third-order valence-electron chi connectivity index (χ3n) is 3.25. The molecule has 98 valence electrons. The lowest BCUT2D eigenvalue weighted by molar-refractivity contribution is 0.171. The van der Waals surface area contributed by atoms with Gasteiger partial charge in [0.15, 0.2) is 0 Å². The molecule has 0 unspecified atom stereocenters. The van der Waals surface area contributed by atoms with Crippen molar-refractivity contribution in [2.24, 2.45) is 7.05 Å². The Labute approximate surface area is 107 Å². The topological polar surface area (TPSA) is 57.4 Å². The molecule has 2 aromatic rings. The van der Waals surface area contributed by atoms with Crippen molar-refractivity contribution in [1.29, 1.82) is 0 Å². The summed E-state index contributed by atoms with van der Waals surface area (Å²) >= 11 is 0. The molecule has 1 aromatic carbocycles. The second-order valence-electron chi connectivity index (χ2n) is 4.55. The second-order valence-corrected chi connectivity index (χ2v) is 4.55. The average molecular weight is 248 g/mol. The SMILES string of the molecule is Cn1cc(CCNC(CO)CO)c2ccccc21. The minimum Gasteiger partial charge on any atom is -0.395 e. The van der Waals surface area contributed by atoms with E-state index in [9.17, 15) is 0 Å². The molecular weight excluding hydrogens is 228 g/mol. The Hall–Kier alpha value is -1.36. The predicted molar refractivity (Wildman–Crippen MR) is 72.6 cm³/mol. The molecule has 0 aliphatic heterocycles. The molecule has 0 saturated heterocycles. The lowest BCUT2D eigenvalue weighted by Crippen LogP contribution is -2.36. The van der Waals surface area contributed by atoms with E-state index in [4.69, 9.17) is 10.2 Å². The first-order chi connectivity index (χ1) is 8.76. The molecule has 2 rings (SSSR count). The fourth-order valence-electron chi connectivity index (χ4n) is 2.22. The minimum atomic E-state index is -0.222. The van der Waals surface area contributed by atoms with Gasteiger partial charge in [0.1, 0.15) is 0 Å². The highest BCUT2D eigenvalue weighted by molar-refractivity contribution is 5.83. The zero-order chi connectivity index (χ0) is 13.0. The molecule has 0 fully saturated rings. The summed E-state index contributed by atoms with van der Waals surface area (Å²) in [4.78, 5) is 0. The molecule has 0 radical (unpaired) electrons. The van der Waals surface area contributed by atoms with Crippen LogP contribution in [0.25, 0.3) is 10.9 Å². The van der Waals surface area contributed by atoms with Crippen molar-refractivity contribution in [2.75, 3.05) is 19.8 Å². The Morgan fingerprint density at radius 2 is 1.94 bits per heavy atom. The summed E-state index contributed by atoms with van der Waals surface area (Å²) in [6.45, 7) is 0.678. The highest BCUT2D eigenvalue weighted by Crippen LogP contribution is 2.20. The van der Waals surface area contributed by atoms with Gasteiger partial charge in [0, 0.05) is 24.1 Å². The van der Waals surface area contributed by atoms with E-state index in [2.05, 4.69) is 28.2 Å². The van der Waals surface area contributed by atoms with Gasteiger partial charge < -0.3 is 20.1 Å². The first kappa shape index (κ1) is 13.1. The third kappa shape index (κ3) is 2.72. The lowest BCUT2D eigenvalue weighted by Gasteiger charge is -2.12. The first-order valence-electron chi connectivity index (χ1n) is 6.24. The number of benzene rings is 1. The predicted octanol–water partition coefficient (Wildman–Crippen LogP) is 0.664. The van der Waals surface area contributed by atoms with Crippen LogP contribution in [0, 0.1) is 0 Å². The van der Waals surface area contributed by atoms with E-state index in [1.165, 1.54) is 16.5 Å². The Balaban J connectivity index is 2.04. The maximum atomic E-state index is 8.97. The maximum absolute atomic E-state index is 8.97. The summed E-state index contributed by atoms with van der Waals surface area (Å²) in [5, 5.41) is 22.3. The average Bonchev–Trinajstić information content (AvgIpc) is 2.72. The van der Waals surface area contributed by atoms with Crippen LogP contribution in [-0.4, -0.2) is 40.6 Å². The number of rotatable bonds is 6. The van der Waals surface area contributed by atoms with Crippen molar-refractivity contribution in [2.45, 2.75) is 12.5 Å². The van der Waals surface area contributed by atoms with Crippen LogP contribution in [0.2, 0.25) is 0 Å². The largest absolute Gasteiger partial charge is 0.395 e. The first-order valence-corrected chi connectivity index (χ1v) is 6.24. The van der Waals surface area contributed by atoms with Crippen molar-refractivity contribution in [3.63, 3.8) is 0 Å². The fourth-order valence-corrected chi connectivity index (χ4v) is 2.22. The number of aromatic nitrogens is 1. The molecule has 0 amide bonds. The standard InChI is InChI=1S/C14H20N2O2/c1-16-8-11(6-7-15-12(9-17)10-18)13-4-2-3-5-14(13)16/h2-5,8,12,15,17-18H,6-7,9-10H2,1H3. The van der Waals surface area contributed by atoms with Crippen LogP contribution >= 0.6 is 0 Å². The molecule has 0 bridgehead atoms. The number of nitrogens with one attached hydrogen (secondary N) is 1. The van der Waals surface area contributed by atoms with Gasteiger partial charge in [-0.15, -0.1) is 0 Å². The van der Waals surface area contributed by atoms with Gasteiger partial charge in [-0.3, -0.25) is 0 Å². The molecule has 0 saturated carbocycles. The maximum Gasteiger partial charge on any atom is 0.0607 e. The van der Waals surface area contributed by atoms with Crippen LogP contribution in [0.5, 0.6) is 0 Å². The number of aryl methyl sites for hydroxylation is 1. The van der Waals surface area contributed by atoms with Crippen LogP contribution < -0.4 is 5.32 Å². The smallest absolute Gasteiger partial charge is 0.0607 e. The normalized spacial score (nSPS) is 11.6. The van der Waals surface area contributed by atoms with Gasteiger partial charge in [-0.25, -0.2) is 0 Å². The summed E-state index contributed by atoms with van der Waals surface area (Å²) < 4.78 is 2.13. The number of aliphatic hydroxyl groups excluding tert-OH is 2. The molecular formula is C14H20N2O2. The summed E-state index contributed by atoms with van der Waals surface area (Å²) in [5.41, 5.74) is 2.52. The van der Waals surface area contributed by atoms with Gasteiger partial charge in [-0.05, 0) is 24.6 Å². The lowest BCUT2D eigenvalue weighted by atomic mass is 10.1. The molecule has 0 atom stereocenters. The van der Waals surface area contributed by atoms with E-state index in [0.29, 0.717) is 0 Å². The molecule has 4 heteroatoms. The number of hydrogen-bond acceptors (Lipinski definition) is 3. The Morgan fingerprint density at radius 1 is 1.22 bits per heavy atom. The molecule has 4 nitrogen and oxygen atoms in total. The monoisotopic (exact) mass is 248 g/mol. The number of nitrogens with zero attached hydrogens (tertiary/aromatic N) is 1. The zero-order valence-electron chi connectivity index (χ0n) is 10.6. The number of para-hydroxylation sites is 1. The van der Waals surface area contributed by atoms with Crippen molar-refractivity contribution >= 4 is 10.9 Å². The molecule has 0 aliphatic carbocycles. The van der Waals surface area contributed by atoms with Crippen molar-refractivity contribution in [3.05, 3.63) is 36.0 Å². The second kappa shape index (κ2) is 6.00. The minimum absolute atomic E-state index is 0.0357. The van der Waals surface area contributed by atoms with Gasteiger partial charge in [0.05, 0.1) is 19.3 Å². The fraction of sp³-hybridized carbons (Fsp3) is 0.429. The van der Waals surface area contributed by atoms with E-state index in [-0.39, 0.29) is 19.3 Å². The molecule has 0 aliphatic rings. The van der Waals surface area contributed by atoms with Crippen LogP contribution in [0.3, 0.4) is 0 Å². The summed E-state index contributed by atoms with van der Waals surface area (Å²) in [6.07, 6.45) is 3.02. The van der Waals surface area contributed by atoms with E-state index in [1.54, 1.807) is 0 Å². The summed E-state index contributed by atoms with van der Waals surface area (Å²) in [6, 6.07) is 8.10. The van der Waals surface area contributed by atoms with Crippen molar-refractivity contribution in [1.82, 2.24) is 9.88 Å². The van der Waals surface area contributed by atoms with Crippen LogP contribution in [0.15, 0.2) is 30.5 Å². The molecule has 0 spiro atoms. The number of fused-ring (bicyclic) bond motifs is 1. The molecule has 3 N–H and O–H groups in total. The van der Waals surface area contributed by atoms with Gasteiger partial charge >= 0.3 is 0 Å². The van der Waals surface area contributed by atoms with E-state index in [1.807, 2.05) is 19.2 Å². The summed E-state index contributed by atoms with van der Waals surface area (Å²) in [7, 11) is 2.05. The van der Waals surface area contributed by atoms with E-state index >= 15 is 0 Å². The molecule has 1 heterocycles. The Bertz CT molecular complexity index is 503. The number of aliphatic hydroxyl groups is 2. The highest BCUT2D eigenvalue weighted by Gasteiger charge is 2.07. The van der Waals surface area contributed by atoms with Gasteiger partial charge in [-0.1, -0.05) is 18.2 Å². The molecule has 18 heavy (non-hydrogen) atoms. The third-order valence-corrected chi connectivity index (χ3v) is 3.25. The van der Waals surface area contributed by atoms with Crippen molar-refractivity contribution < 1.29 is 10.2 Å². The Morgan fingerprint density at radius 3 is 2.67 bits per heavy atom. The van der Waals surface area contributed by atoms with E-state index in [0.717, 1.165) is 13.0 Å². The van der Waals surface area contributed by atoms with Gasteiger partial charge in [0.25, 0.3) is 0 Å². The summed E-state index contributed by atoms with van der Waals surface area (Å²) in [5.74, 6) is 0. The zero-order valence-corrected chi connectivity index (χ0v) is 10.6. The van der Waals surface area contributed by atoms with Gasteiger partial charge in [0.2, 0.25) is 0 Å². The molecule has 1 aromatic heterocycles. The Kier molecular flexibility index (Phi) is 4.36. The van der Waals surface area contributed by atoms with Crippen LogP contribution in [-0.2, 0) is 13.5 Å². The highest BCUT2D eigenvalue weighted by atomic mass is 16.3. The van der Waals surface area contributed by atoms with Crippen LogP contribution in [0.1, 0.15) is 5.56 Å².